The largest absolute Gasteiger partial charge is 0.269 e. The Hall–Kier alpha value is -2.72. The molecule has 3 rings (SSSR count). The number of nitrogens with zero attached hydrogens (tertiary/aromatic N) is 2. The van der Waals surface area contributed by atoms with E-state index in [9.17, 15) is 8.78 Å². The van der Waals surface area contributed by atoms with Crippen LogP contribution in [0.5, 0.6) is 0 Å². The predicted octanol–water partition coefficient (Wildman–Crippen LogP) is 4.40. The SMILES string of the molecule is N#Cc1ccc([C]2CC[C](c3ccc(C#N)cc3)C2(F)F)cc1. The lowest BCUT2D eigenvalue weighted by molar-refractivity contribution is 0.0555. The fraction of sp³-hybridized carbons (Fsp3) is 0.158. The Bertz CT molecular complexity index is 713. The molecule has 4 heteroatoms. The number of hydrogen-bond acceptors (Lipinski definition) is 2. The molecule has 1 saturated carbocycles. The maximum absolute atomic E-state index is 14.8. The average Bonchev–Trinajstić information content (AvgIpc) is 2.90. The Balaban J connectivity index is 1.88. The van der Waals surface area contributed by atoms with Gasteiger partial charge in [0.1, 0.15) is 0 Å². The van der Waals surface area contributed by atoms with Crippen LogP contribution in [0.2, 0.25) is 0 Å². The zero-order valence-corrected chi connectivity index (χ0v) is 12.2. The van der Waals surface area contributed by atoms with Gasteiger partial charge in [0.05, 0.1) is 35.1 Å². The number of hydrogen-bond donors (Lipinski definition) is 0. The Morgan fingerprint density at radius 1 is 0.696 bits per heavy atom. The van der Waals surface area contributed by atoms with Gasteiger partial charge in [-0.15, -0.1) is 0 Å². The van der Waals surface area contributed by atoms with Gasteiger partial charge in [0, 0.05) is 0 Å². The molecular weight excluding hydrogens is 294 g/mol. The van der Waals surface area contributed by atoms with Crippen LogP contribution in [-0.4, -0.2) is 5.92 Å². The summed E-state index contributed by atoms with van der Waals surface area (Å²) in [5.41, 5.74) is 1.84. The lowest BCUT2D eigenvalue weighted by Gasteiger charge is -2.24. The molecule has 0 aromatic heterocycles. The van der Waals surface area contributed by atoms with Gasteiger partial charge in [-0.05, 0) is 48.2 Å². The van der Waals surface area contributed by atoms with Gasteiger partial charge in [0.2, 0.25) is 0 Å². The van der Waals surface area contributed by atoms with E-state index in [-0.39, 0.29) is 24.7 Å². The molecule has 0 saturated heterocycles. The predicted molar refractivity (Wildman–Crippen MR) is 81.2 cm³/mol. The summed E-state index contributed by atoms with van der Waals surface area (Å²) in [5.74, 6) is -2.84. The van der Waals surface area contributed by atoms with Crippen LogP contribution >= 0.6 is 0 Å². The van der Waals surface area contributed by atoms with Crippen molar-refractivity contribution >= 4 is 0 Å². The molecule has 2 nitrogen and oxygen atoms in total. The summed E-state index contributed by atoms with van der Waals surface area (Å²) < 4.78 is 29.6. The van der Waals surface area contributed by atoms with E-state index in [1.54, 1.807) is 48.5 Å². The lowest BCUT2D eigenvalue weighted by Crippen LogP contribution is -2.28. The first kappa shape index (κ1) is 15.2. The van der Waals surface area contributed by atoms with Gasteiger partial charge in [-0.2, -0.15) is 10.5 Å². The van der Waals surface area contributed by atoms with Gasteiger partial charge in [-0.3, -0.25) is 0 Å². The Kier molecular flexibility index (Phi) is 3.84. The monoisotopic (exact) mass is 306 g/mol. The Morgan fingerprint density at radius 2 is 1.04 bits per heavy atom. The second-order valence-corrected chi connectivity index (χ2v) is 5.41. The van der Waals surface area contributed by atoms with Crippen LogP contribution in [-0.2, 0) is 0 Å². The van der Waals surface area contributed by atoms with Crippen molar-refractivity contribution in [2.75, 3.05) is 0 Å². The minimum Gasteiger partial charge on any atom is -0.205 e. The average molecular weight is 306 g/mol. The van der Waals surface area contributed by atoms with Crippen LogP contribution in [0.25, 0.3) is 0 Å². The van der Waals surface area contributed by atoms with Gasteiger partial charge in [-0.25, -0.2) is 8.78 Å². The Morgan fingerprint density at radius 3 is 1.35 bits per heavy atom. The van der Waals surface area contributed by atoms with Crippen molar-refractivity contribution in [2.45, 2.75) is 18.8 Å². The summed E-state index contributed by atoms with van der Waals surface area (Å²) in [5, 5.41) is 17.6. The second-order valence-electron chi connectivity index (χ2n) is 5.41. The topological polar surface area (TPSA) is 47.6 Å². The molecule has 0 spiro atoms. The van der Waals surface area contributed by atoms with Gasteiger partial charge in [-0.1, -0.05) is 24.3 Å². The van der Waals surface area contributed by atoms with Gasteiger partial charge in [0.25, 0.3) is 5.92 Å². The quantitative estimate of drug-likeness (QED) is 0.825. The summed E-state index contributed by atoms with van der Waals surface area (Å²) >= 11 is 0. The number of halogens is 2. The molecular formula is C19H12F2N2. The van der Waals surface area contributed by atoms with Crippen molar-refractivity contribution in [1.29, 1.82) is 10.5 Å². The summed E-state index contributed by atoms with van der Waals surface area (Å²) in [6.45, 7) is 0. The third-order valence-corrected chi connectivity index (χ3v) is 4.11. The van der Waals surface area contributed by atoms with E-state index < -0.39 is 5.92 Å². The number of rotatable bonds is 2. The van der Waals surface area contributed by atoms with Crippen LogP contribution in [0.15, 0.2) is 48.5 Å². The fourth-order valence-electron chi connectivity index (χ4n) is 2.89. The Labute approximate surface area is 133 Å². The summed E-state index contributed by atoms with van der Waals surface area (Å²) in [7, 11) is 0. The summed E-state index contributed by atoms with van der Waals surface area (Å²) in [6, 6.07) is 16.5. The van der Waals surface area contributed by atoms with E-state index in [1.807, 2.05) is 12.1 Å². The highest BCUT2D eigenvalue weighted by Crippen LogP contribution is 2.53. The zero-order chi connectivity index (χ0) is 16.4. The van der Waals surface area contributed by atoms with Crippen molar-refractivity contribution in [3.05, 3.63) is 82.6 Å². The normalized spacial score (nSPS) is 17.6. The van der Waals surface area contributed by atoms with E-state index >= 15 is 0 Å². The van der Waals surface area contributed by atoms with Crippen LogP contribution in [0.3, 0.4) is 0 Å². The minimum atomic E-state index is -3.01. The second kappa shape index (κ2) is 5.82. The fourth-order valence-corrected chi connectivity index (χ4v) is 2.89. The van der Waals surface area contributed by atoms with E-state index in [0.717, 1.165) is 0 Å². The molecule has 23 heavy (non-hydrogen) atoms. The number of benzene rings is 2. The van der Waals surface area contributed by atoms with Crippen LogP contribution in [0.1, 0.15) is 35.1 Å². The number of alkyl halides is 2. The van der Waals surface area contributed by atoms with Gasteiger partial charge >= 0.3 is 0 Å². The maximum Gasteiger partial charge on any atom is 0.269 e. The van der Waals surface area contributed by atoms with Crippen LogP contribution in [0, 0.1) is 34.5 Å². The van der Waals surface area contributed by atoms with E-state index in [1.165, 1.54) is 0 Å². The molecule has 1 fully saturated rings. The standard InChI is InChI=1S/C19H12F2N2/c20-19(21)17(15-5-1-13(11-22)2-6-15)9-10-18(19)16-7-3-14(12-23)4-8-16/h1-8H,9-10H2. The minimum absolute atomic E-state index is 0.0846. The zero-order valence-electron chi connectivity index (χ0n) is 12.2. The van der Waals surface area contributed by atoms with Crippen molar-refractivity contribution in [3.63, 3.8) is 0 Å². The third-order valence-electron chi connectivity index (χ3n) is 4.11. The molecule has 0 atom stereocenters. The van der Waals surface area contributed by atoms with E-state index in [0.29, 0.717) is 22.3 Å². The molecule has 112 valence electrons. The molecule has 2 aromatic rings. The first-order valence-electron chi connectivity index (χ1n) is 7.18. The highest BCUT2D eigenvalue weighted by molar-refractivity contribution is 5.51. The molecule has 0 amide bonds. The maximum atomic E-state index is 14.8. The molecule has 0 bridgehead atoms. The smallest absolute Gasteiger partial charge is 0.205 e. The summed E-state index contributed by atoms with van der Waals surface area (Å²) in [4.78, 5) is 0. The molecule has 0 N–H and O–H groups in total. The number of nitriles is 2. The first-order valence-corrected chi connectivity index (χ1v) is 7.18. The first-order chi connectivity index (χ1) is 11.1. The van der Waals surface area contributed by atoms with E-state index in [4.69, 9.17) is 10.5 Å². The summed E-state index contributed by atoms with van der Waals surface area (Å²) in [6.07, 6.45) is 0.572. The van der Waals surface area contributed by atoms with Gasteiger partial charge < -0.3 is 0 Å². The van der Waals surface area contributed by atoms with Crippen LogP contribution < -0.4 is 0 Å². The van der Waals surface area contributed by atoms with Crippen molar-refractivity contribution in [2.24, 2.45) is 0 Å². The highest BCUT2D eigenvalue weighted by Gasteiger charge is 2.54. The van der Waals surface area contributed by atoms with Crippen molar-refractivity contribution in [3.8, 4) is 12.1 Å². The molecule has 1 aliphatic carbocycles. The molecule has 0 heterocycles. The molecule has 1 aliphatic rings. The molecule has 0 unspecified atom stereocenters. The lowest BCUT2D eigenvalue weighted by atomic mass is 9.88. The molecule has 2 radical (unpaired) electrons. The van der Waals surface area contributed by atoms with Crippen LogP contribution in [0.4, 0.5) is 8.78 Å². The van der Waals surface area contributed by atoms with Crippen molar-refractivity contribution < 1.29 is 8.78 Å². The van der Waals surface area contributed by atoms with Gasteiger partial charge in [0.15, 0.2) is 0 Å². The molecule has 0 aliphatic heterocycles. The third kappa shape index (κ3) is 2.69. The van der Waals surface area contributed by atoms with Crippen molar-refractivity contribution in [1.82, 2.24) is 0 Å². The van der Waals surface area contributed by atoms with E-state index in [2.05, 4.69) is 0 Å². The highest BCUT2D eigenvalue weighted by atomic mass is 19.3. The molecule has 2 aromatic carbocycles.